The molecule has 2 aromatic carbocycles. The third kappa shape index (κ3) is 5.40. The van der Waals surface area contributed by atoms with Gasteiger partial charge in [-0.1, -0.05) is 38.1 Å². The Bertz CT molecular complexity index is 988. The molecule has 1 heterocycles. The SMILES string of the molecule is COc1ccccc1Nc1nc(Nc2ccc(CC(C)C)cc2)ncc1C(F)(F)F. The monoisotopic (exact) mass is 416 g/mol. The largest absolute Gasteiger partial charge is 0.495 e. The number of methoxy groups -OCH3 is 1. The van der Waals surface area contributed by atoms with E-state index in [2.05, 4.69) is 34.4 Å². The van der Waals surface area contributed by atoms with E-state index in [0.717, 1.165) is 12.6 Å². The van der Waals surface area contributed by atoms with Crippen LogP contribution in [0.2, 0.25) is 0 Å². The van der Waals surface area contributed by atoms with E-state index in [1.54, 1.807) is 24.3 Å². The highest BCUT2D eigenvalue weighted by molar-refractivity contribution is 5.67. The zero-order valence-corrected chi connectivity index (χ0v) is 16.9. The molecule has 0 fully saturated rings. The molecule has 3 aromatic rings. The van der Waals surface area contributed by atoms with Gasteiger partial charge in [-0.05, 0) is 42.2 Å². The second kappa shape index (κ2) is 9.02. The first kappa shape index (κ1) is 21.4. The van der Waals surface area contributed by atoms with Crippen LogP contribution in [0.4, 0.5) is 36.3 Å². The minimum absolute atomic E-state index is 0.0528. The quantitative estimate of drug-likeness (QED) is 0.481. The minimum Gasteiger partial charge on any atom is -0.495 e. The average molecular weight is 416 g/mol. The van der Waals surface area contributed by atoms with Gasteiger partial charge < -0.3 is 15.4 Å². The zero-order chi connectivity index (χ0) is 21.7. The van der Waals surface area contributed by atoms with Crippen LogP contribution < -0.4 is 15.4 Å². The molecule has 0 bridgehead atoms. The first-order valence-electron chi connectivity index (χ1n) is 9.46. The topological polar surface area (TPSA) is 59.1 Å². The third-order valence-corrected chi connectivity index (χ3v) is 4.31. The van der Waals surface area contributed by atoms with Crippen molar-refractivity contribution in [2.45, 2.75) is 26.4 Å². The molecule has 0 aliphatic carbocycles. The van der Waals surface area contributed by atoms with Gasteiger partial charge in [0.15, 0.2) is 0 Å². The summed E-state index contributed by atoms with van der Waals surface area (Å²) in [5, 5.41) is 5.68. The van der Waals surface area contributed by atoms with Crippen LogP contribution in [-0.4, -0.2) is 17.1 Å². The van der Waals surface area contributed by atoms with E-state index in [-0.39, 0.29) is 11.8 Å². The van der Waals surface area contributed by atoms with Crippen molar-refractivity contribution in [3.8, 4) is 5.75 Å². The van der Waals surface area contributed by atoms with Crippen molar-refractivity contribution in [1.29, 1.82) is 0 Å². The number of alkyl halides is 3. The van der Waals surface area contributed by atoms with Crippen LogP contribution in [-0.2, 0) is 12.6 Å². The van der Waals surface area contributed by atoms with Crippen molar-refractivity contribution < 1.29 is 17.9 Å². The summed E-state index contributed by atoms with van der Waals surface area (Å²) in [4.78, 5) is 7.91. The number of ether oxygens (including phenoxy) is 1. The molecule has 1 aromatic heterocycles. The zero-order valence-electron chi connectivity index (χ0n) is 16.9. The molecule has 0 aliphatic rings. The summed E-state index contributed by atoms with van der Waals surface area (Å²) < 4.78 is 45.6. The Kier molecular flexibility index (Phi) is 6.44. The normalized spacial score (nSPS) is 11.4. The van der Waals surface area contributed by atoms with Crippen LogP contribution in [0.25, 0.3) is 0 Å². The van der Waals surface area contributed by atoms with E-state index in [1.807, 2.05) is 24.3 Å². The second-order valence-electron chi connectivity index (χ2n) is 7.20. The third-order valence-electron chi connectivity index (χ3n) is 4.31. The fourth-order valence-corrected chi connectivity index (χ4v) is 2.94. The van der Waals surface area contributed by atoms with Crippen molar-refractivity contribution in [2.75, 3.05) is 17.7 Å². The first-order chi connectivity index (χ1) is 14.3. The van der Waals surface area contributed by atoms with Gasteiger partial charge in [-0.3, -0.25) is 0 Å². The Balaban J connectivity index is 1.89. The molecule has 158 valence electrons. The molecule has 3 rings (SSSR count). The molecule has 0 amide bonds. The average Bonchev–Trinajstić information content (AvgIpc) is 2.69. The first-order valence-corrected chi connectivity index (χ1v) is 9.46. The van der Waals surface area contributed by atoms with Gasteiger partial charge in [-0.25, -0.2) is 4.98 Å². The predicted octanol–water partition coefficient (Wildman–Crippen LogP) is 6.19. The Labute approximate surface area is 173 Å². The number of benzene rings is 2. The van der Waals surface area contributed by atoms with Gasteiger partial charge in [0.1, 0.15) is 17.1 Å². The highest BCUT2D eigenvalue weighted by Gasteiger charge is 2.35. The lowest BCUT2D eigenvalue weighted by Gasteiger charge is -2.16. The van der Waals surface area contributed by atoms with E-state index in [9.17, 15) is 13.2 Å². The van der Waals surface area contributed by atoms with Crippen molar-refractivity contribution in [3.63, 3.8) is 0 Å². The van der Waals surface area contributed by atoms with Gasteiger partial charge in [0, 0.05) is 11.9 Å². The molecule has 0 unspecified atom stereocenters. The van der Waals surface area contributed by atoms with Crippen LogP contribution in [0.15, 0.2) is 54.7 Å². The van der Waals surface area contributed by atoms with Crippen LogP contribution in [0.1, 0.15) is 25.0 Å². The molecule has 0 radical (unpaired) electrons. The predicted molar refractivity (Wildman–Crippen MR) is 112 cm³/mol. The molecule has 30 heavy (non-hydrogen) atoms. The number of aromatic nitrogens is 2. The molecular weight excluding hydrogens is 393 g/mol. The molecule has 0 atom stereocenters. The minimum atomic E-state index is -4.61. The molecule has 2 N–H and O–H groups in total. The summed E-state index contributed by atoms with van der Waals surface area (Å²) in [7, 11) is 1.45. The van der Waals surface area contributed by atoms with E-state index < -0.39 is 11.7 Å². The number of anilines is 4. The van der Waals surface area contributed by atoms with E-state index in [0.29, 0.717) is 23.0 Å². The summed E-state index contributed by atoms with van der Waals surface area (Å²) in [6.45, 7) is 4.27. The Morgan fingerprint density at radius 1 is 1.00 bits per heavy atom. The van der Waals surface area contributed by atoms with Gasteiger partial charge in [0.05, 0.1) is 12.8 Å². The van der Waals surface area contributed by atoms with Gasteiger partial charge in [-0.2, -0.15) is 18.2 Å². The highest BCUT2D eigenvalue weighted by atomic mass is 19.4. The van der Waals surface area contributed by atoms with Crippen molar-refractivity contribution >= 4 is 23.1 Å². The standard InChI is InChI=1S/C22H23F3N4O/c1-14(2)12-15-8-10-16(11-9-15)27-21-26-13-17(22(23,24)25)20(29-21)28-18-6-4-5-7-19(18)30-3/h4-11,13-14H,12H2,1-3H3,(H2,26,27,28,29). The molecule has 0 aliphatic heterocycles. The summed E-state index contributed by atoms with van der Waals surface area (Å²) >= 11 is 0. The van der Waals surface area contributed by atoms with E-state index in [1.165, 1.54) is 12.7 Å². The Morgan fingerprint density at radius 2 is 1.70 bits per heavy atom. The van der Waals surface area contributed by atoms with Crippen LogP contribution in [0.5, 0.6) is 5.75 Å². The van der Waals surface area contributed by atoms with Crippen molar-refractivity contribution in [2.24, 2.45) is 5.92 Å². The lowest BCUT2D eigenvalue weighted by molar-refractivity contribution is -0.137. The number of nitrogens with one attached hydrogen (secondary N) is 2. The molecular formula is C22H23F3N4O. The maximum atomic E-state index is 13.5. The fraction of sp³-hybridized carbons (Fsp3) is 0.273. The number of hydrogen-bond donors (Lipinski definition) is 2. The van der Waals surface area contributed by atoms with Gasteiger partial charge in [0.2, 0.25) is 5.95 Å². The lowest BCUT2D eigenvalue weighted by atomic mass is 10.0. The molecule has 5 nitrogen and oxygen atoms in total. The van der Waals surface area contributed by atoms with Gasteiger partial charge in [0.25, 0.3) is 0 Å². The summed E-state index contributed by atoms with van der Waals surface area (Å²) in [5.74, 6) is 0.628. The van der Waals surface area contributed by atoms with Crippen LogP contribution >= 0.6 is 0 Å². The molecule has 0 saturated carbocycles. The molecule has 8 heteroatoms. The number of nitrogens with zero attached hydrogens (tertiary/aromatic N) is 2. The van der Waals surface area contributed by atoms with Crippen molar-refractivity contribution in [3.05, 3.63) is 65.9 Å². The van der Waals surface area contributed by atoms with Gasteiger partial charge in [-0.15, -0.1) is 0 Å². The maximum absolute atomic E-state index is 13.5. The molecule has 0 saturated heterocycles. The maximum Gasteiger partial charge on any atom is 0.421 e. The number of hydrogen-bond acceptors (Lipinski definition) is 5. The number of rotatable bonds is 7. The summed E-state index contributed by atoms with van der Waals surface area (Å²) in [6, 6.07) is 14.3. The summed E-state index contributed by atoms with van der Waals surface area (Å²) in [5.41, 5.74) is 1.27. The summed E-state index contributed by atoms with van der Waals surface area (Å²) in [6.07, 6.45) is -2.90. The second-order valence-corrected chi connectivity index (χ2v) is 7.20. The number of para-hydroxylation sites is 2. The smallest absolute Gasteiger partial charge is 0.421 e. The molecule has 0 spiro atoms. The van der Waals surface area contributed by atoms with Crippen LogP contribution in [0, 0.1) is 5.92 Å². The Hall–Kier alpha value is -3.29. The Morgan fingerprint density at radius 3 is 2.33 bits per heavy atom. The highest BCUT2D eigenvalue weighted by Crippen LogP contribution is 2.37. The van der Waals surface area contributed by atoms with Crippen LogP contribution in [0.3, 0.4) is 0 Å². The lowest BCUT2D eigenvalue weighted by Crippen LogP contribution is -2.13. The van der Waals surface area contributed by atoms with E-state index >= 15 is 0 Å². The fourth-order valence-electron chi connectivity index (χ4n) is 2.94. The number of halogens is 3. The van der Waals surface area contributed by atoms with E-state index in [4.69, 9.17) is 4.74 Å². The van der Waals surface area contributed by atoms with Crippen molar-refractivity contribution in [1.82, 2.24) is 9.97 Å². The van der Waals surface area contributed by atoms with Gasteiger partial charge >= 0.3 is 6.18 Å².